The number of halogens is 3. The fourth-order valence-electron chi connectivity index (χ4n) is 1.97. The van der Waals surface area contributed by atoms with Crippen molar-refractivity contribution in [2.24, 2.45) is 0 Å². The molecule has 0 spiro atoms. The summed E-state index contributed by atoms with van der Waals surface area (Å²) in [5, 5.41) is -0.0728. The van der Waals surface area contributed by atoms with Gasteiger partial charge in [-0.3, -0.25) is 0 Å². The summed E-state index contributed by atoms with van der Waals surface area (Å²) in [6.45, 7) is -0.576. The van der Waals surface area contributed by atoms with E-state index in [2.05, 4.69) is 15.9 Å². The Kier molecular flexibility index (Phi) is 5.60. The van der Waals surface area contributed by atoms with Crippen molar-refractivity contribution in [2.45, 2.75) is 37.4 Å². The molecule has 0 amide bonds. The van der Waals surface area contributed by atoms with Crippen LogP contribution in [0.1, 0.15) is 25.7 Å². The minimum atomic E-state index is -3.53. The molecule has 0 radical (unpaired) electrons. The molecule has 0 atom stereocenters. The van der Waals surface area contributed by atoms with Crippen LogP contribution in [0.15, 0.2) is 0 Å². The van der Waals surface area contributed by atoms with E-state index < -0.39 is 28.2 Å². The molecule has 96 valence electrons. The van der Waals surface area contributed by atoms with Crippen LogP contribution in [0.5, 0.6) is 0 Å². The summed E-state index contributed by atoms with van der Waals surface area (Å²) in [6.07, 6.45) is 0.339. The normalized spacial score (nSPS) is 18.8. The maximum Gasteiger partial charge on any atom is 0.252 e. The lowest BCUT2D eigenvalue weighted by atomic mass is 10.4. The maximum atomic E-state index is 12.3. The summed E-state index contributed by atoms with van der Waals surface area (Å²) in [5.74, 6) is 0. The van der Waals surface area contributed by atoms with Crippen LogP contribution in [-0.4, -0.2) is 42.8 Å². The highest BCUT2D eigenvalue weighted by molar-refractivity contribution is 9.09. The van der Waals surface area contributed by atoms with Gasteiger partial charge in [-0.25, -0.2) is 17.2 Å². The topological polar surface area (TPSA) is 37.4 Å². The van der Waals surface area contributed by atoms with E-state index in [1.165, 1.54) is 0 Å². The highest BCUT2D eigenvalue weighted by atomic mass is 79.9. The van der Waals surface area contributed by atoms with Crippen LogP contribution in [0.4, 0.5) is 8.78 Å². The summed E-state index contributed by atoms with van der Waals surface area (Å²) in [4.78, 5) is 0. The molecule has 1 fully saturated rings. The summed E-state index contributed by atoms with van der Waals surface area (Å²) in [6, 6.07) is 0. The second kappa shape index (κ2) is 6.26. The molecule has 0 aromatic heterocycles. The average molecular weight is 320 g/mol. The zero-order valence-corrected chi connectivity index (χ0v) is 11.3. The monoisotopic (exact) mass is 319 g/mol. The van der Waals surface area contributed by atoms with Gasteiger partial charge in [-0.15, -0.1) is 0 Å². The van der Waals surface area contributed by atoms with Gasteiger partial charge < -0.3 is 0 Å². The van der Waals surface area contributed by atoms with E-state index >= 15 is 0 Å². The summed E-state index contributed by atoms with van der Waals surface area (Å²) in [7, 11) is -3.53. The number of nitrogens with zero attached hydrogens (tertiary/aromatic N) is 1. The molecular weight excluding hydrogens is 304 g/mol. The quantitative estimate of drug-likeness (QED) is 0.704. The van der Waals surface area contributed by atoms with Gasteiger partial charge in [0, 0.05) is 11.9 Å². The zero-order valence-electron chi connectivity index (χ0n) is 8.91. The molecule has 1 aliphatic rings. The summed E-state index contributed by atoms with van der Waals surface area (Å²) in [5.41, 5.74) is 0. The number of alkyl halides is 3. The fraction of sp³-hybridized carbons (Fsp3) is 1.00. The van der Waals surface area contributed by atoms with E-state index in [4.69, 9.17) is 0 Å². The van der Waals surface area contributed by atoms with Crippen molar-refractivity contribution in [3.05, 3.63) is 0 Å². The molecule has 0 heterocycles. The SMILES string of the molecule is O=S(=O)(C1CCCC1)N(CCBr)CC(F)F. The van der Waals surface area contributed by atoms with Crippen LogP contribution in [0.2, 0.25) is 0 Å². The van der Waals surface area contributed by atoms with Gasteiger partial charge >= 0.3 is 0 Å². The largest absolute Gasteiger partial charge is 0.252 e. The predicted octanol–water partition coefficient (Wildman–Crippen LogP) is 2.22. The van der Waals surface area contributed by atoms with Gasteiger partial charge in [0.15, 0.2) is 0 Å². The molecule has 7 heteroatoms. The first-order valence-electron chi connectivity index (χ1n) is 5.31. The number of sulfonamides is 1. The van der Waals surface area contributed by atoms with Gasteiger partial charge in [-0.1, -0.05) is 28.8 Å². The number of rotatable bonds is 6. The Morgan fingerprint density at radius 1 is 1.31 bits per heavy atom. The van der Waals surface area contributed by atoms with Crippen LogP contribution in [0, 0.1) is 0 Å². The molecule has 0 saturated heterocycles. The van der Waals surface area contributed by atoms with Crippen LogP contribution in [0.25, 0.3) is 0 Å². The third kappa shape index (κ3) is 3.63. The van der Waals surface area contributed by atoms with Crippen LogP contribution >= 0.6 is 15.9 Å². The van der Waals surface area contributed by atoms with Crippen LogP contribution in [0.3, 0.4) is 0 Å². The molecule has 0 N–H and O–H groups in total. The molecule has 0 unspecified atom stereocenters. The van der Waals surface area contributed by atoms with Gasteiger partial charge in [-0.2, -0.15) is 4.31 Å². The highest BCUT2D eigenvalue weighted by Gasteiger charge is 2.34. The van der Waals surface area contributed by atoms with E-state index in [0.29, 0.717) is 18.2 Å². The van der Waals surface area contributed by atoms with Crippen molar-refractivity contribution in [2.75, 3.05) is 18.4 Å². The van der Waals surface area contributed by atoms with Gasteiger partial charge in [0.1, 0.15) is 0 Å². The third-order valence-electron chi connectivity index (χ3n) is 2.76. The van der Waals surface area contributed by atoms with Crippen LogP contribution in [-0.2, 0) is 10.0 Å². The molecule has 0 aliphatic heterocycles. The van der Waals surface area contributed by atoms with Gasteiger partial charge in [0.05, 0.1) is 11.8 Å². The molecular formula is C9H16BrF2NO2S. The lowest BCUT2D eigenvalue weighted by Gasteiger charge is -2.24. The maximum absolute atomic E-state index is 12.3. The molecule has 1 rings (SSSR count). The molecule has 1 saturated carbocycles. The minimum Gasteiger partial charge on any atom is -0.212 e. The van der Waals surface area contributed by atoms with E-state index in [1.807, 2.05) is 0 Å². The summed E-state index contributed by atoms with van der Waals surface area (Å²) < 4.78 is 49.6. The molecule has 1 aliphatic carbocycles. The second-order valence-electron chi connectivity index (χ2n) is 3.89. The average Bonchev–Trinajstić information content (AvgIpc) is 2.69. The Balaban J connectivity index is 2.74. The third-order valence-corrected chi connectivity index (χ3v) is 5.48. The van der Waals surface area contributed by atoms with E-state index in [1.54, 1.807) is 0 Å². The molecule has 0 aromatic carbocycles. The van der Waals surface area contributed by atoms with Crippen molar-refractivity contribution in [3.8, 4) is 0 Å². The Labute approximate surface area is 103 Å². The van der Waals surface area contributed by atoms with Crippen molar-refractivity contribution in [1.29, 1.82) is 0 Å². The fourth-order valence-corrected chi connectivity index (χ4v) is 4.65. The zero-order chi connectivity index (χ0) is 12.2. The molecule has 0 aromatic rings. The van der Waals surface area contributed by atoms with Crippen LogP contribution < -0.4 is 0 Å². The smallest absolute Gasteiger partial charge is 0.212 e. The van der Waals surface area contributed by atoms with E-state index in [0.717, 1.165) is 17.1 Å². The van der Waals surface area contributed by atoms with Crippen molar-refractivity contribution >= 4 is 26.0 Å². The van der Waals surface area contributed by atoms with E-state index in [9.17, 15) is 17.2 Å². The first kappa shape index (κ1) is 14.3. The number of hydrogen-bond acceptors (Lipinski definition) is 2. The first-order chi connectivity index (χ1) is 7.48. The Morgan fingerprint density at radius 2 is 1.88 bits per heavy atom. The van der Waals surface area contributed by atoms with E-state index in [-0.39, 0.29) is 6.54 Å². The van der Waals surface area contributed by atoms with Crippen molar-refractivity contribution < 1.29 is 17.2 Å². The molecule has 0 bridgehead atoms. The molecule has 3 nitrogen and oxygen atoms in total. The Hall–Kier alpha value is 0.250. The Morgan fingerprint density at radius 3 is 2.31 bits per heavy atom. The summed E-state index contributed by atoms with van der Waals surface area (Å²) >= 11 is 3.09. The first-order valence-corrected chi connectivity index (χ1v) is 7.94. The van der Waals surface area contributed by atoms with Gasteiger partial charge in [-0.05, 0) is 12.8 Å². The molecule has 16 heavy (non-hydrogen) atoms. The lowest BCUT2D eigenvalue weighted by molar-refractivity contribution is 0.121. The van der Waals surface area contributed by atoms with Crippen molar-refractivity contribution in [3.63, 3.8) is 0 Å². The van der Waals surface area contributed by atoms with Gasteiger partial charge in [0.25, 0.3) is 6.43 Å². The number of hydrogen-bond donors (Lipinski definition) is 0. The second-order valence-corrected chi connectivity index (χ2v) is 6.90. The highest BCUT2D eigenvalue weighted by Crippen LogP contribution is 2.27. The van der Waals surface area contributed by atoms with Gasteiger partial charge in [0.2, 0.25) is 10.0 Å². The lowest BCUT2D eigenvalue weighted by Crippen LogP contribution is -2.41. The Bertz CT molecular complexity index is 305. The minimum absolute atomic E-state index is 0.114. The predicted molar refractivity (Wildman–Crippen MR) is 62.5 cm³/mol. The van der Waals surface area contributed by atoms with Crippen molar-refractivity contribution in [1.82, 2.24) is 4.31 Å². The standard InChI is InChI=1S/C9H16BrF2NO2S/c10-5-6-13(7-9(11)12)16(14,15)8-3-1-2-4-8/h8-9H,1-7H2.